The predicted octanol–water partition coefficient (Wildman–Crippen LogP) is 8.52. The average Bonchev–Trinajstić information content (AvgIpc) is 3.18. The van der Waals surface area contributed by atoms with Crippen LogP contribution in [0.1, 0.15) is 22.3 Å². The van der Waals surface area contributed by atoms with Gasteiger partial charge in [0, 0.05) is 21.4 Å². The van der Waals surface area contributed by atoms with E-state index < -0.39 is 0 Å². The van der Waals surface area contributed by atoms with E-state index in [0.29, 0.717) is 5.02 Å². The molecule has 3 nitrogen and oxygen atoms in total. The molecule has 2 aliphatic heterocycles. The van der Waals surface area contributed by atoms with E-state index in [4.69, 9.17) is 34.8 Å². The lowest BCUT2D eigenvalue weighted by Gasteiger charge is -2.24. The molecule has 0 aliphatic carbocycles. The molecule has 0 atom stereocenters. The number of halogens is 3. The fourth-order valence-corrected chi connectivity index (χ4v) is 5.24. The number of anilines is 4. The number of nitrogens with one attached hydrogen (secondary N) is 1. The Bertz CT molecular complexity index is 1420. The minimum Gasteiger partial charge on any atom is -0.355 e. The van der Waals surface area contributed by atoms with Crippen molar-refractivity contribution in [1.29, 1.82) is 0 Å². The van der Waals surface area contributed by atoms with Crippen molar-refractivity contribution in [2.75, 3.05) is 16.1 Å². The van der Waals surface area contributed by atoms with E-state index in [1.807, 2.05) is 48.5 Å². The highest BCUT2D eigenvalue weighted by Crippen LogP contribution is 2.37. The molecule has 0 unspecified atom stereocenters. The summed E-state index contributed by atoms with van der Waals surface area (Å²) in [6, 6.07) is 28.1. The number of para-hydroxylation sites is 2. The van der Waals surface area contributed by atoms with Crippen LogP contribution in [0.2, 0.25) is 10.0 Å². The highest BCUT2D eigenvalue weighted by molar-refractivity contribution is 6.32. The summed E-state index contributed by atoms with van der Waals surface area (Å²) >= 11 is 17.9. The Labute approximate surface area is 226 Å². The van der Waals surface area contributed by atoms with Gasteiger partial charge in [0.15, 0.2) is 0 Å². The summed E-state index contributed by atoms with van der Waals surface area (Å²) in [5, 5.41) is 4.86. The van der Waals surface area contributed by atoms with Crippen molar-refractivity contribution >= 4 is 63.5 Å². The van der Waals surface area contributed by atoms with Gasteiger partial charge < -0.3 is 5.32 Å². The second-order valence-corrected chi connectivity index (χ2v) is 9.99. The van der Waals surface area contributed by atoms with E-state index in [1.54, 1.807) is 4.90 Å². The van der Waals surface area contributed by atoms with Crippen molar-refractivity contribution in [3.63, 3.8) is 0 Å². The molecule has 6 heteroatoms. The van der Waals surface area contributed by atoms with Gasteiger partial charge in [-0.25, -0.2) is 0 Å². The van der Waals surface area contributed by atoms with Crippen LogP contribution in [0, 0.1) is 0 Å². The Balaban J connectivity index is 0.000000152. The quantitative estimate of drug-likeness (QED) is 0.248. The third kappa shape index (κ3) is 5.24. The minimum atomic E-state index is -0.135. The SMILES string of the molecule is Clc1ccc2c(c1)Nc1ccccc1CC2.O=C(CCl)N1c2ccccc2CCc2ccc(Cl)cc21. The van der Waals surface area contributed by atoms with Crippen molar-refractivity contribution in [2.24, 2.45) is 0 Å². The first kappa shape index (κ1) is 24.7. The molecule has 6 rings (SSSR count). The lowest BCUT2D eigenvalue weighted by Crippen LogP contribution is -2.27. The first-order valence-corrected chi connectivity index (χ1v) is 13.2. The van der Waals surface area contributed by atoms with Gasteiger partial charge in [-0.2, -0.15) is 0 Å². The molecule has 0 fully saturated rings. The molecule has 1 amide bonds. The number of benzene rings is 4. The Morgan fingerprint density at radius 2 is 1.22 bits per heavy atom. The fraction of sp³-hybridized carbons (Fsp3) is 0.167. The number of carbonyl (C=O) groups excluding carboxylic acids is 1. The van der Waals surface area contributed by atoms with E-state index in [9.17, 15) is 4.79 Å². The molecule has 0 radical (unpaired) electrons. The molecule has 36 heavy (non-hydrogen) atoms. The summed E-state index contributed by atoms with van der Waals surface area (Å²) in [4.78, 5) is 14.0. The van der Waals surface area contributed by atoms with Crippen molar-refractivity contribution in [3.8, 4) is 0 Å². The summed E-state index contributed by atoms with van der Waals surface area (Å²) in [5.41, 5.74) is 9.05. The van der Waals surface area contributed by atoms with Gasteiger partial charge in [0.05, 0.1) is 11.4 Å². The summed E-state index contributed by atoms with van der Waals surface area (Å²) in [5.74, 6) is -0.190. The Kier molecular flexibility index (Phi) is 7.52. The van der Waals surface area contributed by atoms with E-state index in [1.165, 1.54) is 16.8 Å². The first-order valence-electron chi connectivity index (χ1n) is 11.9. The van der Waals surface area contributed by atoms with Gasteiger partial charge in [-0.15, -0.1) is 11.6 Å². The summed E-state index contributed by atoms with van der Waals surface area (Å²) in [7, 11) is 0. The highest BCUT2D eigenvalue weighted by Gasteiger charge is 2.25. The molecule has 2 heterocycles. The molecule has 0 spiro atoms. The molecule has 0 aromatic heterocycles. The lowest BCUT2D eigenvalue weighted by molar-refractivity contribution is -0.115. The Morgan fingerprint density at radius 3 is 1.97 bits per heavy atom. The predicted molar refractivity (Wildman–Crippen MR) is 152 cm³/mol. The first-order chi connectivity index (χ1) is 17.5. The second-order valence-electron chi connectivity index (χ2n) is 8.85. The fourth-order valence-electron chi connectivity index (χ4n) is 4.78. The van der Waals surface area contributed by atoms with Crippen LogP contribution in [0.3, 0.4) is 0 Å². The van der Waals surface area contributed by atoms with Crippen molar-refractivity contribution in [3.05, 3.63) is 117 Å². The van der Waals surface area contributed by atoms with Gasteiger partial charge >= 0.3 is 0 Å². The number of hydrogen-bond acceptors (Lipinski definition) is 2. The maximum Gasteiger partial charge on any atom is 0.246 e. The zero-order chi connectivity index (χ0) is 25.1. The number of amides is 1. The summed E-state index contributed by atoms with van der Waals surface area (Å²) < 4.78 is 0. The van der Waals surface area contributed by atoms with Crippen molar-refractivity contribution in [1.82, 2.24) is 0 Å². The van der Waals surface area contributed by atoms with E-state index in [2.05, 4.69) is 41.7 Å². The molecule has 0 saturated carbocycles. The molecule has 1 N–H and O–H groups in total. The summed E-state index contributed by atoms with van der Waals surface area (Å²) in [6.45, 7) is 0. The molecule has 2 aliphatic rings. The van der Waals surface area contributed by atoms with E-state index >= 15 is 0 Å². The molecule has 4 aromatic carbocycles. The van der Waals surface area contributed by atoms with Gasteiger partial charge in [0.1, 0.15) is 5.88 Å². The maximum absolute atomic E-state index is 12.3. The van der Waals surface area contributed by atoms with Crippen LogP contribution in [0.25, 0.3) is 0 Å². The molecule has 0 bridgehead atoms. The van der Waals surface area contributed by atoms with Crippen molar-refractivity contribution in [2.45, 2.75) is 25.7 Å². The molecule has 4 aromatic rings. The number of rotatable bonds is 1. The largest absolute Gasteiger partial charge is 0.355 e. The number of hydrogen-bond donors (Lipinski definition) is 1. The lowest BCUT2D eigenvalue weighted by atomic mass is 10.0. The van der Waals surface area contributed by atoms with Crippen molar-refractivity contribution < 1.29 is 4.79 Å². The molecule has 182 valence electrons. The number of fused-ring (bicyclic) bond motifs is 4. The smallest absolute Gasteiger partial charge is 0.246 e. The van der Waals surface area contributed by atoms with Crippen LogP contribution < -0.4 is 10.2 Å². The molecular weight excluding hydrogens is 511 g/mol. The normalized spacial score (nSPS) is 13.4. The number of carbonyl (C=O) groups is 1. The standard InChI is InChI=1S/C16H13Cl2NO.C14H12ClN/c17-10-16(20)19-14-4-2-1-3-11(14)5-6-12-7-8-13(18)9-15(12)19;15-12-8-7-11-6-5-10-3-1-2-4-13(10)16-14(11)9-12/h1-4,7-9H,5-6,10H2;1-4,7-9,16H,5-6H2. The highest BCUT2D eigenvalue weighted by atomic mass is 35.5. The zero-order valence-electron chi connectivity index (χ0n) is 19.6. The van der Waals surface area contributed by atoms with E-state index in [-0.39, 0.29) is 11.8 Å². The van der Waals surface area contributed by atoms with Crippen LogP contribution in [-0.2, 0) is 30.5 Å². The number of alkyl halides is 1. The molecule has 0 saturated heterocycles. The zero-order valence-corrected chi connectivity index (χ0v) is 21.9. The van der Waals surface area contributed by atoms with Gasteiger partial charge in [-0.1, -0.05) is 71.7 Å². The Morgan fingerprint density at radius 1 is 0.667 bits per heavy atom. The molecular formula is C30H25Cl3N2O. The van der Waals surface area contributed by atoms with Gasteiger partial charge in [0.25, 0.3) is 0 Å². The van der Waals surface area contributed by atoms with Crippen LogP contribution in [0.4, 0.5) is 22.7 Å². The van der Waals surface area contributed by atoms with E-state index in [0.717, 1.165) is 58.9 Å². The number of aryl methyl sites for hydroxylation is 4. The van der Waals surface area contributed by atoms with Crippen LogP contribution >= 0.6 is 34.8 Å². The summed E-state index contributed by atoms with van der Waals surface area (Å²) in [6.07, 6.45) is 3.93. The topological polar surface area (TPSA) is 32.3 Å². The average molecular weight is 536 g/mol. The third-order valence-electron chi connectivity index (χ3n) is 6.57. The van der Waals surface area contributed by atoms with Crippen LogP contribution in [0.5, 0.6) is 0 Å². The monoisotopic (exact) mass is 534 g/mol. The van der Waals surface area contributed by atoms with Crippen LogP contribution in [0.15, 0.2) is 84.9 Å². The van der Waals surface area contributed by atoms with Gasteiger partial charge in [-0.3, -0.25) is 9.69 Å². The minimum absolute atomic E-state index is 0.0553. The maximum atomic E-state index is 12.3. The number of nitrogens with zero attached hydrogens (tertiary/aromatic N) is 1. The van der Waals surface area contributed by atoms with Gasteiger partial charge in [0.2, 0.25) is 5.91 Å². The van der Waals surface area contributed by atoms with Crippen LogP contribution in [-0.4, -0.2) is 11.8 Å². The third-order valence-corrected chi connectivity index (χ3v) is 7.27. The van der Waals surface area contributed by atoms with Gasteiger partial charge in [-0.05, 0) is 84.3 Å². The Hall–Kier alpha value is -2.98. The second kappa shape index (κ2) is 11.0.